The second-order valence-electron chi connectivity index (χ2n) is 4.84. The van der Waals surface area contributed by atoms with Crippen molar-refractivity contribution in [1.82, 2.24) is 9.78 Å². The van der Waals surface area contributed by atoms with Gasteiger partial charge in [-0.25, -0.2) is 4.68 Å². The first-order valence-corrected chi connectivity index (χ1v) is 6.34. The smallest absolute Gasteiger partial charge is 0.274 e. The summed E-state index contributed by atoms with van der Waals surface area (Å²) in [6.45, 7) is 1.91. The van der Waals surface area contributed by atoms with E-state index in [1.807, 2.05) is 37.3 Å². The Morgan fingerprint density at radius 2 is 1.80 bits per heavy atom. The minimum Gasteiger partial charge on any atom is -0.507 e. The number of hydrogen-bond acceptors (Lipinski definition) is 3. The third kappa shape index (κ3) is 1.86. The molecule has 0 fully saturated rings. The molecule has 0 atom stereocenters. The van der Waals surface area contributed by atoms with E-state index in [9.17, 15) is 9.90 Å². The molecule has 100 valence electrons. The monoisotopic (exact) mass is 266 g/mol. The van der Waals surface area contributed by atoms with E-state index in [1.165, 1.54) is 4.68 Å². The number of aryl methyl sites for hydroxylation is 2. The van der Waals surface area contributed by atoms with Crippen molar-refractivity contribution in [3.8, 4) is 17.0 Å². The fourth-order valence-electron chi connectivity index (χ4n) is 2.34. The van der Waals surface area contributed by atoms with Crippen LogP contribution in [0.2, 0.25) is 0 Å². The molecular formula is C16H14N2O2. The van der Waals surface area contributed by atoms with Gasteiger partial charge >= 0.3 is 0 Å². The maximum atomic E-state index is 12.1. The van der Waals surface area contributed by atoms with Crippen LogP contribution in [0, 0.1) is 6.92 Å². The van der Waals surface area contributed by atoms with Crippen LogP contribution in [0.1, 0.15) is 5.56 Å². The standard InChI is InChI=1S/C16H14N2O2/c1-10-7-8-13(14(19)9-10)15-11-5-3-4-6-12(11)16(20)18(2)17-15/h3-9,19H,1-2H3. The van der Waals surface area contributed by atoms with Gasteiger partial charge in [0.2, 0.25) is 0 Å². The van der Waals surface area contributed by atoms with E-state index in [-0.39, 0.29) is 11.3 Å². The zero-order valence-electron chi connectivity index (χ0n) is 11.3. The number of aromatic hydroxyl groups is 1. The molecule has 0 saturated carbocycles. The molecular weight excluding hydrogens is 252 g/mol. The van der Waals surface area contributed by atoms with Gasteiger partial charge in [-0.3, -0.25) is 4.79 Å². The zero-order valence-corrected chi connectivity index (χ0v) is 11.3. The van der Waals surface area contributed by atoms with Gasteiger partial charge in [-0.05, 0) is 30.7 Å². The van der Waals surface area contributed by atoms with E-state index < -0.39 is 0 Å². The van der Waals surface area contributed by atoms with Gasteiger partial charge in [0.1, 0.15) is 11.4 Å². The Morgan fingerprint density at radius 3 is 2.50 bits per heavy atom. The molecule has 4 heteroatoms. The van der Waals surface area contributed by atoms with Crippen LogP contribution < -0.4 is 5.56 Å². The Balaban J connectivity index is 2.42. The van der Waals surface area contributed by atoms with Crippen molar-refractivity contribution in [3.05, 3.63) is 58.4 Å². The summed E-state index contributed by atoms with van der Waals surface area (Å²) in [5, 5.41) is 15.8. The van der Waals surface area contributed by atoms with Gasteiger partial charge in [-0.1, -0.05) is 24.3 Å². The normalized spacial score (nSPS) is 10.9. The summed E-state index contributed by atoms with van der Waals surface area (Å²) < 4.78 is 1.30. The van der Waals surface area contributed by atoms with Crippen LogP contribution >= 0.6 is 0 Å². The highest BCUT2D eigenvalue weighted by molar-refractivity contribution is 5.95. The molecule has 0 bridgehead atoms. The summed E-state index contributed by atoms with van der Waals surface area (Å²) >= 11 is 0. The van der Waals surface area contributed by atoms with Gasteiger partial charge in [0.15, 0.2) is 0 Å². The molecule has 0 aliphatic carbocycles. The van der Waals surface area contributed by atoms with Crippen molar-refractivity contribution < 1.29 is 5.11 Å². The Labute approximate surface area is 115 Å². The molecule has 0 amide bonds. The average Bonchev–Trinajstić information content (AvgIpc) is 2.43. The highest BCUT2D eigenvalue weighted by Crippen LogP contribution is 2.32. The van der Waals surface area contributed by atoms with E-state index in [0.717, 1.165) is 10.9 Å². The van der Waals surface area contributed by atoms with E-state index in [0.29, 0.717) is 16.6 Å². The first-order chi connectivity index (χ1) is 9.58. The molecule has 4 nitrogen and oxygen atoms in total. The molecule has 0 aliphatic heterocycles. The highest BCUT2D eigenvalue weighted by atomic mass is 16.3. The van der Waals surface area contributed by atoms with E-state index in [2.05, 4.69) is 5.10 Å². The highest BCUT2D eigenvalue weighted by Gasteiger charge is 2.13. The van der Waals surface area contributed by atoms with Crippen LogP contribution in [0.3, 0.4) is 0 Å². The second-order valence-corrected chi connectivity index (χ2v) is 4.84. The molecule has 3 aromatic rings. The van der Waals surface area contributed by atoms with Gasteiger partial charge in [-0.2, -0.15) is 5.10 Å². The number of rotatable bonds is 1. The molecule has 20 heavy (non-hydrogen) atoms. The van der Waals surface area contributed by atoms with Gasteiger partial charge < -0.3 is 5.11 Å². The number of hydrogen-bond donors (Lipinski definition) is 1. The van der Waals surface area contributed by atoms with Crippen LogP contribution in [0.25, 0.3) is 22.0 Å². The van der Waals surface area contributed by atoms with Crippen molar-refractivity contribution in [3.63, 3.8) is 0 Å². The fourth-order valence-corrected chi connectivity index (χ4v) is 2.34. The summed E-state index contributed by atoms with van der Waals surface area (Å²) in [6.07, 6.45) is 0. The Morgan fingerprint density at radius 1 is 1.10 bits per heavy atom. The van der Waals surface area contributed by atoms with Gasteiger partial charge in [0.05, 0.1) is 5.39 Å². The van der Waals surface area contributed by atoms with Gasteiger partial charge in [-0.15, -0.1) is 0 Å². The van der Waals surface area contributed by atoms with E-state index in [1.54, 1.807) is 19.2 Å². The molecule has 1 heterocycles. The Hall–Kier alpha value is -2.62. The maximum absolute atomic E-state index is 12.1. The summed E-state index contributed by atoms with van der Waals surface area (Å²) in [7, 11) is 1.61. The number of nitrogens with zero attached hydrogens (tertiary/aromatic N) is 2. The summed E-state index contributed by atoms with van der Waals surface area (Å²) in [5.74, 6) is 0.168. The molecule has 1 N–H and O–H groups in total. The maximum Gasteiger partial charge on any atom is 0.274 e. The van der Waals surface area contributed by atoms with E-state index in [4.69, 9.17) is 0 Å². The van der Waals surface area contributed by atoms with Crippen LogP contribution in [0.5, 0.6) is 5.75 Å². The summed E-state index contributed by atoms with van der Waals surface area (Å²) in [5.41, 5.74) is 2.07. The minimum atomic E-state index is -0.143. The third-order valence-electron chi connectivity index (χ3n) is 3.36. The average molecular weight is 266 g/mol. The topological polar surface area (TPSA) is 55.1 Å². The first-order valence-electron chi connectivity index (χ1n) is 6.34. The lowest BCUT2D eigenvalue weighted by Gasteiger charge is -2.10. The summed E-state index contributed by atoms with van der Waals surface area (Å²) in [6, 6.07) is 12.7. The van der Waals surface area contributed by atoms with E-state index >= 15 is 0 Å². The second kappa shape index (κ2) is 4.49. The van der Waals surface area contributed by atoms with Crippen LogP contribution in [-0.2, 0) is 7.05 Å². The van der Waals surface area contributed by atoms with Gasteiger partial charge in [0, 0.05) is 18.0 Å². The molecule has 0 saturated heterocycles. The van der Waals surface area contributed by atoms with Crippen molar-refractivity contribution in [1.29, 1.82) is 0 Å². The molecule has 3 rings (SSSR count). The fraction of sp³-hybridized carbons (Fsp3) is 0.125. The van der Waals surface area contributed by atoms with Crippen molar-refractivity contribution >= 4 is 10.8 Å². The van der Waals surface area contributed by atoms with Crippen molar-refractivity contribution in [2.45, 2.75) is 6.92 Å². The molecule has 0 unspecified atom stereocenters. The molecule has 0 radical (unpaired) electrons. The molecule has 2 aromatic carbocycles. The molecule has 0 aliphatic rings. The third-order valence-corrected chi connectivity index (χ3v) is 3.36. The minimum absolute atomic E-state index is 0.143. The SMILES string of the molecule is Cc1ccc(-c2nn(C)c(=O)c3ccccc23)c(O)c1. The zero-order chi connectivity index (χ0) is 14.3. The largest absolute Gasteiger partial charge is 0.507 e. The van der Waals surface area contributed by atoms with Crippen molar-refractivity contribution in [2.24, 2.45) is 7.05 Å². The van der Waals surface area contributed by atoms with Gasteiger partial charge in [0.25, 0.3) is 5.56 Å². The Bertz CT molecular complexity index is 866. The van der Waals surface area contributed by atoms with Crippen LogP contribution in [-0.4, -0.2) is 14.9 Å². The number of aromatic nitrogens is 2. The predicted molar refractivity (Wildman–Crippen MR) is 78.8 cm³/mol. The Kier molecular flexibility index (Phi) is 2.79. The van der Waals surface area contributed by atoms with Crippen LogP contribution in [0.4, 0.5) is 0 Å². The number of fused-ring (bicyclic) bond motifs is 1. The predicted octanol–water partition coefficient (Wildman–Crippen LogP) is 2.61. The van der Waals surface area contributed by atoms with Crippen molar-refractivity contribution in [2.75, 3.05) is 0 Å². The lowest BCUT2D eigenvalue weighted by Crippen LogP contribution is -2.20. The quantitative estimate of drug-likeness (QED) is 0.736. The number of phenolic OH excluding ortho intramolecular Hbond substituents is 1. The molecule has 0 spiro atoms. The number of phenols is 1. The lowest BCUT2D eigenvalue weighted by molar-refractivity contribution is 0.476. The first kappa shape index (κ1) is 12.4. The molecule has 1 aromatic heterocycles. The summed E-state index contributed by atoms with van der Waals surface area (Å²) in [4.78, 5) is 12.1. The number of benzene rings is 2. The lowest BCUT2D eigenvalue weighted by atomic mass is 10.0. The van der Waals surface area contributed by atoms with Crippen LogP contribution in [0.15, 0.2) is 47.3 Å².